The smallest absolute Gasteiger partial charge is 0.305 e. The lowest BCUT2D eigenvalue weighted by Gasteiger charge is -2.31. The number of carbonyl (C=O) groups is 1. The van der Waals surface area contributed by atoms with Crippen molar-refractivity contribution >= 4 is 39.3 Å². The fraction of sp³-hybridized carbons (Fsp3) is 0.545. The van der Waals surface area contributed by atoms with E-state index in [0.29, 0.717) is 10.3 Å². The number of rotatable bonds is 4. The van der Waals surface area contributed by atoms with Crippen LogP contribution in [0.15, 0.2) is 10.7 Å². The number of hydrogen-bond donors (Lipinski definition) is 2. The molecule has 5 nitrogen and oxygen atoms in total. The molecule has 0 spiro atoms. The Balaban J connectivity index is 2.96. The first kappa shape index (κ1) is 15.2. The first-order valence-corrected chi connectivity index (χ1v) is 6.53. The molecule has 0 aliphatic carbocycles. The summed E-state index contributed by atoms with van der Waals surface area (Å²) in [7, 11) is 0. The molecule has 1 atom stereocenters. The number of aliphatic carboxylic acids is 1. The fourth-order valence-electron chi connectivity index (χ4n) is 1.36. The van der Waals surface area contributed by atoms with Crippen LogP contribution < -0.4 is 5.32 Å². The van der Waals surface area contributed by atoms with Crippen LogP contribution in [-0.2, 0) is 4.79 Å². The van der Waals surface area contributed by atoms with Crippen molar-refractivity contribution in [3.63, 3.8) is 0 Å². The van der Waals surface area contributed by atoms with Crippen molar-refractivity contribution in [1.82, 2.24) is 9.97 Å². The maximum absolute atomic E-state index is 10.9. The number of aromatic nitrogens is 2. The second kappa shape index (κ2) is 5.84. The van der Waals surface area contributed by atoms with Crippen LogP contribution in [0.25, 0.3) is 0 Å². The molecule has 1 aromatic rings. The molecule has 1 rings (SSSR count). The minimum absolute atomic E-state index is 0.00242. The average Bonchev–Trinajstić information content (AvgIpc) is 2.20. The van der Waals surface area contributed by atoms with Gasteiger partial charge in [0.1, 0.15) is 5.82 Å². The van der Waals surface area contributed by atoms with Gasteiger partial charge in [-0.25, -0.2) is 4.98 Å². The second-order valence-electron chi connectivity index (χ2n) is 5.00. The Morgan fingerprint density at radius 3 is 2.72 bits per heavy atom. The van der Waals surface area contributed by atoms with Crippen LogP contribution >= 0.6 is 27.5 Å². The van der Waals surface area contributed by atoms with E-state index in [1.54, 1.807) is 0 Å². The minimum atomic E-state index is -0.862. The van der Waals surface area contributed by atoms with Crippen LogP contribution in [0.4, 0.5) is 5.82 Å². The zero-order valence-electron chi connectivity index (χ0n) is 10.4. The number of halogens is 2. The van der Waals surface area contributed by atoms with Gasteiger partial charge in [0.05, 0.1) is 10.9 Å². The Morgan fingerprint density at radius 2 is 2.22 bits per heavy atom. The Kier molecular flexibility index (Phi) is 4.92. The van der Waals surface area contributed by atoms with Gasteiger partial charge in [-0.1, -0.05) is 20.8 Å². The Bertz CT molecular complexity index is 448. The van der Waals surface area contributed by atoms with Crippen LogP contribution in [0.3, 0.4) is 0 Å². The molecule has 0 aromatic carbocycles. The number of nitrogens with one attached hydrogen (secondary N) is 1. The first-order valence-electron chi connectivity index (χ1n) is 5.36. The number of nitrogens with zero attached hydrogens (tertiary/aromatic N) is 2. The van der Waals surface area contributed by atoms with Crippen LogP contribution in [-0.4, -0.2) is 27.1 Å². The molecular weight excluding hydrogens is 321 g/mol. The van der Waals surface area contributed by atoms with Gasteiger partial charge in [-0.15, -0.1) is 0 Å². The van der Waals surface area contributed by atoms with Crippen LogP contribution in [0.1, 0.15) is 27.2 Å². The molecular formula is C11H15BrClN3O2. The molecule has 0 fully saturated rings. The van der Waals surface area contributed by atoms with Crippen molar-refractivity contribution in [2.45, 2.75) is 33.2 Å². The summed E-state index contributed by atoms with van der Waals surface area (Å²) in [6.07, 6.45) is 1.52. The summed E-state index contributed by atoms with van der Waals surface area (Å²) in [5, 5.41) is 12.1. The first-order chi connectivity index (χ1) is 8.20. The highest BCUT2D eigenvalue weighted by Gasteiger charge is 2.27. The van der Waals surface area contributed by atoms with Gasteiger partial charge in [0, 0.05) is 12.2 Å². The molecule has 0 saturated carbocycles. The number of carboxylic acid groups (broad SMARTS) is 1. The van der Waals surface area contributed by atoms with Gasteiger partial charge in [0.2, 0.25) is 5.28 Å². The van der Waals surface area contributed by atoms with E-state index in [2.05, 4.69) is 31.2 Å². The van der Waals surface area contributed by atoms with Crippen LogP contribution in [0, 0.1) is 5.41 Å². The molecule has 0 radical (unpaired) electrons. The lowest BCUT2D eigenvalue weighted by molar-refractivity contribution is -0.137. The number of anilines is 1. The van der Waals surface area contributed by atoms with Gasteiger partial charge in [-0.05, 0) is 32.9 Å². The highest BCUT2D eigenvalue weighted by Crippen LogP contribution is 2.28. The summed E-state index contributed by atoms with van der Waals surface area (Å²) in [5.74, 6) is -0.366. The van der Waals surface area contributed by atoms with Crippen LogP contribution in [0.2, 0.25) is 5.28 Å². The summed E-state index contributed by atoms with van der Waals surface area (Å²) in [6.45, 7) is 5.89. The summed E-state index contributed by atoms with van der Waals surface area (Å²) in [6, 6.07) is -0.266. The SMILES string of the molecule is CC(C)(C)C(CC(=O)O)Nc1nc(Cl)ncc1Br. The van der Waals surface area contributed by atoms with E-state index in [0.717, 1.165) is 0 Å². The highest BCUT2D eigenvalue weighted by atomic mass is 79.9. The molecule has 0 amide bonds. The van der Waals surface area contributed by atoms with Gasteiger partial charge in [0.15, 0.2) is 0 Å². The highest BCUT2D eigenvalue weighted by molar-refractivity contribution is 9.10. The molecule has 100 valence electrons. The predicted octanol–water partition coefficient (Wildman–Crippen LogP) is 3.19. The lowest BCUT2D eigenvalue weighted by Crippen LogP contribution is -2.36. The van der Waals surface area contributed by atoms with E-state index in [-0.39, 0.29) is 23.2 Å². The van der Waals surface area contributed by atoms with E-state index in [4.69, 9.17) is 16.7 Å². The number of hydrogen-bond acceptors (Lipinski definition) is 4. The second-order valence-corrected chi connectivity index (χ2v) is 6.19. The zero-order valence-corrected chi connectivity index (χ0v) is 12.7. The van der Waals surface area contributed by atoms with Crippen LogP contribution in [0.5, 0.6) is 0 Å². The van der Waals surface area contributed by atoms with Crippen molar-refractivity contribution in [2.24, 2.45) is 5.41 Å². The molecule has 2 N–H and O–H groups in total. The van der Waals surface area contributed by atoms with Crippen molar-refractivity contribution < 1.29 is 9.90 Å². The van der Waals surface area contributed by atoms with Gasteiger partial charge in [0.25, 0.3) is 0 Å². The zero-order chi connectivity index (χ0) is 13.9. The third kappa shape index (κ3) is 4.42. The normalized spacial score (nSPS) is 13.2. The summed E-state index contributed by atoms with van der Waals surface area (Å²) in [4.78, 5) is 18.7. The van der Waals surface area contributed by atoms with E-state index >= 15 is 0 Å². The molecule has 1 heterocycles. The monoisotopic (exact) mass is 335 g/mol. The van der Waals surface area contributed by atoms with Gasteiger partial charge < -0.3 is 10.4 Å². The maximum Gasteiger partial charge on any atom is 0.305 e. The Hall–Kier alpha value is -0.880. The van der Waals surface area contributed by atoms with Crippen molar-refractivity contribution in [3.05, 3.63) is 16.0 Å². The van der Waals surface area contributed by atoms with Gasteiger partial charge in [-0.3, -0.25) is 4.79 Å². The topological polar surface area (TPSA) is 75.1 Å². The summed E-state index contributed by atoms with van der Waals surface area (Å²) in [5.41, 5.74) is -0.227. The average molecular weight is 337 g/mol. The van der Waals surface area contributed by atoms with E-state index in [1.165, 1.54) is 6.20 Å². The van der Waals surface area contributed by atoms with Crippen molar-refractivity contribution in [3.8, 4) is 0 Å². The summed E-state index contributed by atoms with van der Waals surface area (Å²) >= 11 is 9.02. The predicted molar refractivity (Wildman–Crippen MR) is 73.9 cm³/mol. The minimum Gasteiger partial charge on any atom is -0.481 e. The lowest BCUT2D eigenvalue weighted by atomic mass is 9.85. The largest absolute Gasteiger partial charge is 0.481 e. The van der Waals surface area contributed by atoms with E-state index < -0.39 is 5.97 Å². The number of carboxylic acids is 1. The molecule has 1 unspecified atom stereocenters. The fourth-order valence-corrected chi connectivity index (χ4v) is 1.80. The Labute approximate surface area is 119 Å². The molecule has 0 aliphatic rings. The Morgan fingerprint density at radius 1 is 1.61 bits per heavy atom. The molecule has 0 aliphatic heterocycles. The van der Waals surface area contributed by atoms with Gasteiger partial charge in [-0.2, -0.15) is 4.98 Å². The van der Waals surface area contributed by atoms with Crippen molar-refractivity contribution in [2.75, 3.05) is 5.32 Å². The van der Waals surface area contributed by atoms with E-state index in [9.17, 15) is 4.79 Å². The molecule has 18 heavy (non-hydrogen) atoms. The maximum atomic E-state index is 10.9. The standard InChI is InChI=1S/C11H15BrClN3O2/c1-11(2,3)7(4-8(17)18)15-9-6(12)5-14-10(13)16-9/h5,7H,4H2,1-3H3,(H,17,18)(H,14,15,16). The third-order valence-electron chi connectivity index (χ3n) is 2.45. The quantitative estimate of drug-likeness (QED) is 0.826. The molecule has 0 saturated heterocycles. The summed E-state index contributed by atoms with van der Waals surface area (Å²) < 4.78 is 0.645. The third-order valence-corrected chi connectivity index (χ3v) is 3.21. The molecule has 7 heteroatoms. The van der Waals surface area contributed by atoms with E-state index in [1.807, 2.05) is 20.8 Å². The van der Waals surface area contributed by atoms with Crippen molar-refractivity contribution in [1.29, 1.82) is 0 Å². The molecule has 1 aromatic heterocycles. The van der Waals surface area contributed by atoms with Gasteiger partial charge >= 0.3 is 5.97 Å². The molecule has 0 bridgehead atoms.